The Balaban J connectivity index is 1.96. The van der Waals surface area contributed by atoms with E-state index in [9.17, 15) is 19.2 Å². The molecule has 0 aromatic heterocycles. The van der Waals surface area contributed by atoms with Gasteiger partial charge in [0, 0.05) is 12.0 Å². The molecule has 2 aromatic rings. The van der Waals surface area contributed by atoms with E-state index >= 15 is 4.39 Å². The fraction of sp³-hybridized carbons (Fsp3) is 0.273. The van der Waals surface area contributed by atoms with Crippen molar-refractivity contribution in [2.45, 2.75) is 25.6 Å². The van der Waals surface area contributed by atoms with Crippen LogP contribution in [-0.2, 0) is 25.7 Å². The number of halogens is 1. The first kappa shape index (κ1) is 20.4. The molecule has 0 radical (unpaired) electrons. The summed E-state index contributed by atoms with van der Waals surface area (Å²) in [6.45, 7) is 1.23. The number of ether oxygens (including phenoxy) is 1. The number of nitrogens with zero attached hydrogens (tertiary/aromatic N) is 1. The van der Waals surface area contributed by atoms with Gasteiger partial charge >= 0.3 is 5.97 Å². The average molecular weight is 397 g/mol. The normalized spacial score (nSPS) is 18.4. The summed E-state index contributed by atoms with van der Waals surface area (Å²) in [6, 6.07) is 16.1. The summed E-state index contributed by atoms with van der Waals surface area (Å²) in [6.07, 6.45) is -0.584. The summed E-state index contributed by atoms with van der Waals surface area (Å²) in [5, 5.41) is 0. The molecule has 2 aromatic carbocycles. The predicted molar refractivity (Wildman–Crippen MR) is 101 cm³/mol. The van der Waals surface area contributed by atoms with Gasteiger partial charge in [0.1, 0.15) is 5.92 Å². The maximum absolute atomic E-state index is 16.1. The summed E-state index contributed by atoms with van der Waals surface area (Å²) in [5.41, 5.74) is -2.69. The highest BCUT2D eigenvalue weighted by molar-refractivity contribution is 6.20. The van der Waals surface area contributed by atoms with Gasteiger partial charge in [0.25, 0.3) is 5.67 Å². The second-order valence-electron chi connectivity index (χ2n) is 6.69. The fourth-order valence-electron chi connectivity index (χ4n) is 3.35. The van der Waals surface area contributed by atoms with Gasteiger partial charge in [-0.25, -0.2) is 9.18 Å². The minimum Gasteiger partial charge on any atom is -0.463 e. The number of hydrogen-bond donors (Lipinski definition) is 0. The average Bonchev–Trinajstić information content (AvgIpc) is 3.03. The predicted octanol–water partition coefficient (Wildman–Crippen LogP) is 2.72. The monoisotopic (exact) mass is 397 g/mol. The number of benzene rings is 2. The van der Waals surface area contributed by atoms with Crippen LogP contribution >= 0.6 is 0 Å². The molecular formula is C22H20FNO5. The van der Waals surface area contributed by atoms with Gasteiger partial charge in [-0.15, -0.1) is 0 Å². The van der Waals surface area contributed by atoms with Crippen molar-refractivity contribution in [2.24, 2.45) is 5.92 Å². The highest BCUT2D eigenvalue weighted by atomic mass is 19.1. The maximum atomic E-state index is 16.1. The summed E-state index contributed by atoms with van der Waals surface area (Å²) in [7, 11) is 0. The lowest BCUT2D eigenvalue weighted by molar-refractivity contribution is -0.160. The van der Waals surface area contributed by atoms with Gasteiger partial charge in [-0.3, -0.25) is 19.3 Å². The van der Waals surface area contributed by atoms with Crippen molar-refractivity contribution >= 4 is 23.6 Å². The molecule has 1 heterocycles. The van der Waals surface area contributed by atoms with Gasteiger partial charge in [-0.05, 0) is 12.5 Å². The molecular weight excluding hydrogens is 377 g/mol. The minimum absolute atomic E-state index is 0.0621. The summed E-state index contributed by atoms with van der Waals surface area (Å²) in [4.78, 5) is 51.7. The van der Waals surface area contributed by atoms with Crippen molar-refractivity contribution in [3.8, 4) is 0 Å². The summed E-state index contributed by atoms with van der Waals surface area (Å²) < 4.78 is 20.9. The highest BCUT2D eigenvalue weighted by Crippen LogP contribution is 2.37. The Hall–Kier alpha value is -3.35. The van der Waals surface area contributed by atoms with Crippen molar-refractivity contribution in [3.05, 3.63) is 71.8 Å². The van der Waals surface area contributed by atoms with E-state index in [4.69, 9.17) is 4.74 Å². The maximum Gasteiger partial charge on any atom is 0.353 e. The van der Waals surface area contributed by atoms with Crippen LogP contribution in [0.5, 0.6) is 0 Å². The van der Waals surface area contributed by atoms with Gasteiger partial charge in [0.2, 0.25) is 17.6 Å². The van der Waals surface area contributed by atoms with Crippen molar-refractivity contribution in [1.82, 2.24) is 4.90 Å². The number of carbonyl (C=O) groups excluding carboxylic acids is 4. The Kier molecular flexibility index (Phi) is 5.87. The second kappa shape index (κ2) is 8.34. The van der Waals surface area contributed by atoms with E-state index < -0.39 is 41.6 Å². The van der Waals surface area contributed by atoms with Crippen molar-refractivity contribution in [1.29, 1.82) is 0 Å². The molecule has 0 saturated carbocycles. The lowest BCUT2D eigenvalue weighted by atomic mass is 9.81. The van der Waals surface area contributed by atoms with Gasteiger partial charge in [-0.2, -0.15) is 0 Å². The lowest BCUT2D eigenvalue weighted by Crippen LogP contribution is -2.52. The number of imide groups is 1. The molecule has 0 spiro atoms. The smallest absolute Gasteiger partial charge is 0.353 e. The van der Waals surface area contributed by atoms with Crippen LogP contribution in [-0.4, -0.2) is 40.7 Å². The molecule has 6 nitrogen and oxygen atoms in total. The van der Waals surface area contributed by atoms with Crippen LogP contribution in [0, 0.1) is 5.92 Å². The molecule has 1 aliphatic rings. The van der Waals surface area contributed by atoms with Gasteiger partial charge in [-0.1, -0.05) is 60.7 Å². The van der Waals surface area contributed by atoms with Gasteiger partial charge in [0.15, 0.2) is 0 Å². The van der Waals surface area contributed by atoms with E-state index in [0.717, 1.165) is 4.90 Å². The Morgan fingerprint density at radius 1 is 1.07 bits per heavy atom. The number of Topliss-reactive ketones (excluding diaryl/α,β-unsaturated/α-hetero) is 1. The summed E-state index contributed by atoms with van der Waals surface area (Å²) in [5.74, 6) is -5.97. The van der Waals surface area contributed by atoms with E-state index in [1.165, 1.54) is 31.2 Å². The number of ketones is 1. The first-order valence-electron chi connectivity index (χ1n) is 9.23. The Morgan fingerprint density at radius 2 is 1.66 bits per heavy atom. The third-order valence-electron chi connectivity index (χ3n) is 4.85. The van der Waals surface area contributed by atoms with E-state index in [-0.39, 0.29) is 18.7 Å². The number of amides is 2. The van der Waals surface area contributed by atoms with Crippen LogP contribution < -0.4 is 0 Å². The lowest BCUT2D eigenvalue weighted by Gasteiger charge is -2.26. The zero-order valence-electron chi connectivity index (χ0n) is 15.8. The van der Waals surface area contributed by atoms with E-state index in [2.05, 4.69) is 0 Å². The van der Waals surface area contributed by atoms with E-state index in [1.807, 2.05) is 0 Å². The molecule has 29 heavy (non-hydrogen) atoms. The van der Waals surface area contributed by atoms with Crippen LogP contribution in [0.25, 0.3) is 0 Å². The molecule has 0 aliphatic carbocycles. The zero-order chi connectivity index (χ0) is 21.0. The Morgan fingerprint density at radius 3 is 2.24 bits per heavy atom. The molecule has 0 unspecified atom stereocenters. The standard InChI is InChI=1S/C22H20FNO5/c1-2-29-21(28)22(23,19(26)16-11-7-4-8-12-16)17-13-18(25)24(20(17)27)14-15-9-5-3-6-10-15/h3-12,17H,2,13-14H2,1H3/t17-,22+/m0/s1. The van der Waals surface area contributed by atoms with Crippen LogP contribution in [0.3, 0.4) is 0 Å². The molecule has 0 N–H and O–H groups in total. The van der Waals surface area contributed by atoms with Crippen molar-refractivity contribution < 1.29 is 28.3 Å². The number of carbonyl (C=O) groups is 4. The largest absolute Gasteiger partial charge is 0.463 e. The van der Waals surface area contributed by atoms with Gasteiger partial charge in [0.05, 0.1) is 13.2 Å². The summed E-state index contributed by atoms with van der Waals surface area (Å²) >= 11 is 0. The van der Waals surface area contributed by atoms with E-state index in [1.54, 1.807) is 36.4 Å². The fourth-order valence-corrected chi connectivity index (χ4v) is 3.35. The van der Waals surface area contributed by atoms with Crippen LogP contribution in [0.1, 0.15) is 29.3 Å². The van der Waals surface area contributed by atoms with Gasteiger partial charge < -0.3 is 4.74 Å². The molecule has 2 amide bonds. The quantitative estimate of drug-likeness (QED) is 0.311. The minimum atomic E-state index is -3.28. The third kappa shape index (κ3) is 3.81. The number of likely N-dealkylation sites (tertiary alicyclic amines) is 1. The van der Waals surface area contributed by atoms with Crippen LogP contribution in [0.4, 0.5) is 4.39 Å². The number of rotatable bonds is 7. The molecule has 2 atom stereocenters. The molecule has 1 aliphatic heterocycles. The zero-order valence-corrected chi connectivity index (χ0v) is 15.8. The molecule has 3 rings (SSSR count). The number of alkyl halides is 1. The SMILES string of the molecule is CCOC(=O)[C@](F)(C(=O)c1ccccc1)[C@H]1CC(=O)N(Cc2ccccc2)C1=O. The van der Waals surface area contributed by atoms with Crippen molar-refractivity contribution in [3.63, 3.8) is 0 Å². The number of hydrogen-bond acceptors (Lipinski definition) is 5. The topological polar surface area (TPSA) is 80.8 Å². The molecule has 0 bridgehead atoms. The highest BCUT2D eigenvalue weighted by Gasteiger charge is 2.62. The van der Waals surface area contributed by atoms with Crippen LogP contribution in [0.15, 0.2) is 60.7 Å². The number of esters is 1. The Bertz CT molecular complexity index is 931. The molecule has 1 fully saturated rings. The third-order valence-corrected chi connectivity index (χ3v) is 4.85. The van der Waals surface area contributed by atoms with Crippen molar-refractivity contribution in [2.75, 3.05) is 6.61 Å². The Labute approximate surface area is 167 Å². The van der Waals surface area contributed by atoms with Crippen LogP contribution in [0.2, 0.25) is 0 Å². The molecule has 1 saturated heterocycles. The first-order valence-corrected chi connectivity index (χ1v) is 9.23. The molecule has 7 heteroatoms. The van der Waals surface area contributed by atoms with E-state index in [0.29, 0.717) is 5.56 Å². The second-order valence-corrected chi connectivity index (χ2v) is 6.69. The molecule has 150 valence electrons. The first-order chi connectivity index (χ1) is 13.9.